The molecule has 0 aliphatic carbocycles. The van der Waals surface area contributed by atoms with E-state index in [0.29, 0.717) is 5.56 Å². The molecule has 0 spiro atoms. The van der Waals surface area contributed by atoms with Gasteiger partial charge in [-0.1, -0.05) is 36.4 Å². The Morgan fingerprint density at radius 2 is 1.86 bits per heavy atom. The second kappa shape index (κ2) is 11.5. The summed E-state index contributed by atoms with van der Waals surface area (Å²) in [6.45, 7) is 7.75. The maximum atomic E-state index is 15.9. The summed E-state index contributed by atoms with van der Waals surface area (Å²) in [6.07, 6.45) is 1.21. The van der Waals surface area contributed by atoms with Gasteiger partial charge in [-0.2, -0.15) is 4.98 Å². The molecule has 4 aromatic rings. The van der Waals surface area contributed by atoms with Gasteiger partial charge in [-0.3, -0.25) is 4.79 Å². The minimum Gasteiger partial charge on any atom is -0.350 e. The Morgan fingerprint density at radius 3 is 2.51 bits per heavy atom. The first-order valence-corrected chi connectivity index (χ1v) is 15.0. The van der Waals surface area contributed by atoms with E-state index in [1.807, 2.05) is 6.92 Å². The lowest BCUT2D eigenvalue weighted by molar-refractivity contribution is -0.126. The second-order valence-corrected chi connectivity index (χ2v) is 12.3. The fourth-order valence-corrected chi connectivity index (χ4v) is 6.51. The minimum atomic E-state index is -4.10. The van der Waals surface area contributed by atoms with Crippen LogP contribution in [0.15, 0.2) is 64.8 Å². The van der Waals surface area contributed by atoms with Crippen molar-refractivity contribution in [2.45, 2.75) is 24.8 Å². The van der Waals surface area contributed by atoms with Crippen LogP contribution in [-0.4, -0.2) is 66.5 Å². The Labute approximate surface area is 251 Å². The molecule has 1 saturated heterocycles. The zero-order valence-corrected chi connectivity index (χ0v) is 25.0. The van der Waals surface area contributed by atoms with Crippen molar-refractivity contribution in [2.24, 2.45) is 0 Å². The van der Waals surface area contributed by atoms with E-state index in [1.54, 1.807) is 22.8 Å². The van der Waals surface area contributed by atoms with Crippen molar-refractivity contribution in [3.63, 3.8) is 0 Å². The van der Waals surface area contributed by atoms with E-state index < -0.39 is 33.0 Å². The number of hydrogen-bond donors (Lipinski definition) is 1. The summed E-state index contributed by atoms with van der Waals surface area (Å²) in [5, 5.41) is -0.0420. The normalized spacial score (nSPS) is 15.6. The first-order chi connectivity index (χ1) is 20.4. The number of piperazine rings is 1. The number of para-hydroxylation sites is 1. The van der Waals surface area contributed by atoms with E-state index >= 15 is 4.39 Å². The number of nitrogens with zero attached hydrogens (tertiary/aromatic N) is 5. The first-order valence-electron chi connectivity index (χ1n) is 13.2. The maximum absolute atomic E-state index is 15.9. The highest BCUT2D eigenvalue weighted by Gasteiger charge is 2.31. The molecule has 2 aromatic heterocycles. The van der Waals surface area contributed by atoms with E-state index in [-0.39, 0.29) is 69.6 Å². The van der Waals surface area contributed by atoms with Crippen molar-refractivity contribution in [1.82, 2.24) is 24.2 Å². The lowest BCUT2D eigenvalue weighted by atomic mass is 10.1. The van der Waals surface area contributed by atoms with Gasteiger partial charge in [-0.05, 0) is 56.8 Å². The standard InChI is InChI=1S/C29H27ClF2N6O4S/c1-5-23(39)36-12-13-37(17(3)15-36)27-18-14-21(32)25(24-19(30)9-7-10-20(24)31)34-28(18)38(29(40)35-27)26-16(2)8-6-11-22(26)43(41,42)33-4/h5-11,14,17,33H,1,12-13,15H2,2-4H3/t17-/m0/s1. The number of nitrogens with one attached hydrogen (secondary N) is 1. The number of anilines is 1. The number of aromatic nitrogens is 3. The lowest BCUT2D eigenvalue weighted by Crippen LogP contribution is -2.54. The molecule has 0 saturated carbocycles. The Bertz CT molecular complexity index is 1950. The van der Waals surface area contributed by atoms with Crippen molar-refractivity contribution in [3.8, 4) is 16.9 Å². The van der Waals surface area contributed by atoms with E-state index in [2.05, 4.69) is 21.3 Å². The summed E-state index contributed by atoms with van der Waals surface area (Å²) in [5.74, 6) is -1.95. The molecule has 2 aromatic carbocycles. The summed E-state index contributed by atoms with van der Waals surface area (Å²) in [7, 11) is -2.87. The van der Waals surface area contributed by atoms with E-state index in [4.69, 9.17) is 11.6 Å². The summed E-state index contributed by atoms with van der Waals surface area (Å²) < 4.78 is 60.2. The van der Waals surface area contributed by atoms with Crippen LogP contribution in [0.3, 0.4) is 0 Å². The molecule has 1 aliphatic rings. The number of halogens is 3. The van der Waals surface area contributed by atoms with Gasteiger partial charge < -0.3 is 9.80 Å². The molecule has 3 heterocycles. The van der Waals surface area contributed by atoms with Gasteiger partial charge in [-0.25, -0.2) is 36.3 Å². The van der Waals surface area contributed by atoms with Gasteiger partial charge in [0.05, 0.1) is 21.7 Å². The van der Waals surface area contributed by atoms with E-state index in [1.165, 1.54) is 37.4 Å². The predicted octanol–water partition coefficient (Wildman–Crippen LogP) is 3.82. The molecular formula is C29H27ClF2N6O4S. The monoisotopic (exact) mass is 628 g/mol. The van der Waals surface area contributed by atoms with Crippen LogP contribution in [0.4, 0.5) is 14.6 Å². The van der Waals surface area contributed by atoms with Crippen molar-refractivity contribution in [3.05, 3.63) is 87.8 Å². The highest BCUT2D eigenvalue weighted by Crippen LogP contribution is 2.36. The van der Waals surface area contributed by atoms with Gasteiger partial charge >= 0.3 is 5.69 Å². The molecule has 43 heavy (non-hydrogen) atoms. The third kappa shape index (κ3) is 5.28. The van der Waals surface area contributed by atoms with Crippen LogP contribution in [0.1, 0.15) is 12.5 Å². The Hall–Kier alpha value is -4.20. The number of rotatable bonds is 6. The highest BCUT2D eigenvalue weighted by molar-refractivity contribution is 7.89. The van der Waals surface area contributed by atoms with Crippen LogP contribution < -0.4 is 15.3 Å². The summed E-state index contributed by atoms with van der Waals surface area (Å²) in [6, 6.07) is 8.99. The molecule has 1 atom stereocenters. The lowest BCUT2D eigenvalue weighted by Gasteiger charge is -2.40. The van der Waals surface area contributed by atoms with Gasteiger partial charge in [0.15, 0.2) is 11.5 Å². The van der Waals surface area contributed by atoms with Gasteiger partial charge in [0.2, 0.25) is 15.9 Å². The van der Waals surface area contributed by atoms with Gasteiger partial charge in [0.1, 0.15) is 22.2 Å². The molecule has 10 nitrogen and oxygen atoms in total. The SMILES string of the molecule is C=CC(=O)N1CCN(c2nc(=O)n(-c3c(C)cccc3S(=O)(=O)NC)c3nc(-c4c(F)cccc4Cl)c(F)cc23)[C@@H](C)C1. The van der Waals surface area contributed by atoms with Crippen LogP contribution in [0.5, 0.6) is 0 Å². The second-order valence-electron chi connectivity index (χ2n) is 10.0. The predicted molar refractivity (Wildman–Crippen MR) is 160 cm³/mol. The third-order valence-corrected chi connectivity index (χ3v) is 9.13. The largest absolute Gasteiger partial charge is 0.355 e. The maximum Gasteiger partial charge on any atom is 0.355 e. The molecule has 0 bridgehead atoms. The number of pyridine rings is 1. The number of hydrogen-bond acceptors (Lipinski definition) is 7. The van der Waals surface area contributed by atoms with Crippen molar-refractivity contribution in [2.75, 3.05) is 31.6 Å². The van der Waals surface area contributed by atoms with Gasteiger partial charge in [0.25, 0.3) is 0 Å². The molecule has 0 unspecified atom stereocenters. The quantitative estimate of drug-likeness (QED) is 0.323. The van der Waals surface area contributed by atoms with Crippen molar-refractivity contribution < 1.29 is 22.0 Å². The summed E-state index contributed by atoms with van der Waals surface area (Å²) in [4.78, 5) is 38.0. The molecule has 5 rings (SSSR count). The van der Waals surface area contributed by atoms with E-state index in [9.17, 15) is 22.4 Å². The highest BCUT2D eigenvalue weighted by atomic mass is 35.5. The van der Waals surface area contributed by atoms with Gasteiger partial charge in [-0.15, -0.1) is 0 Å². The number of fused-ring (bicyclic) bond motifs is 1. The van der Waals surface area contributed by atoms with Gasteiger partial charge in [0, 0.05) is 25.7 Å². The number of carbonyl (C=O) groups excluding carboxylic acids is 1. The topological polar surface area (TPSA) is 118 Å². The zero-order valence-electron chi connectivity index (χ0n) is 23.4. The fourth-order valence-electron chi connectivity index (χ4n) is 5.27. The number of aryl methyl sites for hydroxylation is 1. The fraction of sp³-hybridized carbons (Fsp3) is 0.241. The molecule has 1 amide bonds. The number of carbonyl (C=O) groups is 1. The third-order valence-electron chi connectivity index (χ3n) is 7.37. The van der Waals surface area contributed by atoms with Crippen LogP contribution in [0.2, 0.25) is 5.02 Å². The Kier molecular flexibility index (Phi) is 8.07. The summed E-state index contributed by atoms with van der Waals surface area (Å²) >= 11 is 6.27. The molecule has 1 aliphatic heterocycles. The van der Waals surface area contributed by atoms with Crippen LogP contribution in [-0.2, 0) is 14.8 Å². The number of benzene rings is 2. The summed E-state index contributed by atoms with van der Waals surface area (Å²) in [5.41, 5.74) is -1.52. The van der Waals surface area contributed by atoms with Crippen LogP contribution in [0, 0.1) is 18.6 Å². The van der Waals surface area contributed by atoms with Crippen molar-refractivity contribution >= 4 is 44.4 Å². The molecule has 1 N–H and O–H groups in total. The molecule has 1 fully saturated rings. The first kappa shape index (κ1) is 30.3. The van der Waals surface area contributed by atoms with E-state index in [0.717, 1.165) is 16.7 Å². The Morgan fingerprint density at radius 1 is 1.14 bits per heavy atom. The molecular weight excluding hydrogens is 602 g/mol. The van der Waals surface area contributed by atoms with Crippen molar-refractivity contribution in [1.29, 1.82) is 0 Å². The van der Waals surface area contributed by atoms with Crippen LogP contribution >= 0.6 is 11.6 Å². The average molecular weight is 629 g/mol. The molecule has 0 radical (unpaired) electrons. The smallest absolute Gasteiger partial charge is 0.350 e. The number of amides is 1. The Balaban J connectivity index is 1.87. The molecule has 224 valence electrons. The minimum absolute atomic E-state index is 0.0509. The zero-order chi connectivity index (χ0) is 31.2. The number of sulfonamides is 1. The molecule has 14 heteroatoms. The average Bonchev–Trinajstić information content (AvgIpc) is 2.97. The van der Waals surface area contributed by atoms with Crippen LogP contribution in [0.25, 0.3) is 28.0 Å².